The van der Waals surface area contributed by atoms with Crippen molar-refractivity contribution in [1.82, 2.24) is 0 Å². The molecule has 0 heterocycles. The van der Waals surface area contributed by atoms with Gasteiger partial charge in [0, 0.05) is 17.1 Å². The molecule has 2 nitrogen and oxygen atoms in total. The number of nitrogens with one attached hydrogen (secondary N) is 1. The van der Waals surface area contributed by atoms with E-state index in [1.807, 2.05) is 31.2 Å². The van der Waals surface area contributed by atoms with Gasteiger partial charge in [-0.15, -0.1) is 11.8 Å². The third-order valence-electron chi connectivity index (χ3n) is 2.82. The van der Waals surface area contributed by atoms with E-state index in [2.05, 4.69) is 35.8 Å². The van der Waals surface area contributed by atoms with Crippen molar-refractivity contribution in [3.8, 4) is 5.75 Å². The maximum absolute atomic E-state index is 5.42. The second kappa shape index (κ2) is 7.10. The highest BCUT2D eigenvalue weighted by molar-refractivity contribution is 7.98. The molecule has 0 saturated heterocycles. The van der Waals surface area contributed by atoms with Gasteiger partial charge in [-0.05, 0) is 55.1 Å². The number of benzene rings is 2. The molecular formula is C16H19NOS. The van der Waals surface area contributed by atoms with E-state index in [4.69, 9.17) is 4.74 Å². The van der Waals surface area contributed by atoms with Crippen LogP contribution in [0.3, 0.4) is 0 Å². The molecule has 0 aliphatic carbocycles. The van der Waals surface area contributed by atoms with Gasteiger partial charge in [-0.2, -0.15) is 0 Å². The molecule has 0 amide bonds. The highest BCUT2D eigenvalue weighted by atomic mass is 32.2. The summed E-state index contributed by atoms with van der Waals surface area (Å²) < 4.78 is 5.42. The van der Waals surface area contributed by atoms with Crippen LogP contribution in [0.5, 0.6) is 5.75 Å². The fourth-order valence-electron chi connectivity index (χ4n) is 1.78. The molecule has 0 atom stereocenters. The molecule has 0 radical (unpaired) electrons. The van der Waals surface area contributed by atoms with E-state index in [0.29, 0.717) is 6.61 Å². The van der Waals surface area contributed by atoms with Crippen molar-refractivity contribution in [3.63, 3.8) is 0 Å². The molecule has 19 heavy (non-hydrogen) atoms. The number of rotatable bonds is 6. The molecule has 0 aliphatic rings. The predicted molar refractivity (Wildman–Crippen MR) is 83.2 cm³/mol. The minimum Gasteiger partial charge on any atom is -0.494 e. The topological polar surface area (TPSA) is 21.3 Å². The Morgan fingerprint density at radius 2 is 1.68 bits per heavy atom. The van der Waals surface area contributed by atoms with Crippen LogP contribution >= 0.6 is 11.8 Å². The van der Waals surface area contributed by atoms with Gasteiger partial charge >= 0.3 is 0 Å². The summed E-state index contributed by atoms with van der Waals surface area (Å²) in [5, 5.41) is 3.41. The molecule has 0 aliphatic heterocycles. The first-order valence-corrected chi connectivity index (χ1v) is 7.64. The lowest BCUT2D eigenvalue weighted by Gasteiger charge is -2.08. The molecule has 0 spiro atoms. The van der Waals surface area contributed by atoms with Crippen LogP contribution in [0.15, 0.2) is 53.4 Å². The number of ether oxygens (including phenoxy) is 1. The van der Waals surface area contributed by atoms with E-state index in [-0.39, 0.29) is 0 Å². The van der Waals surface area contributed by atoms with Crippen LogP contribution in [0.4, 0.5) is 5.69 Å². The number of thioether (sulfide) groups is 1. The number of hydrogen-bond acceptors (Lipinski definition) is 3. The second-order valence-electron chi connectivity index (χ2n) is 4.16. The zero-order valence-electron chi connectivity index (χ0n) is 11.3. The molecule has 0 fully saturated rings. The second-order valence-corrected chi connectivity index (χ2v) is 5.04. The molecule has 3 heteroatoms. The molecule has 100 valence electrons. The van der Waals surface area contributed by atoms with Crippen molar-refractivity contribution in [2.24, 2.45) is 0 Å². The first-order chi connectivity index (χ1) is 9.31. The normalized spacial score (nSPS) is 10.2. The average molecular weight is 273 g/mol. The van der Waals surface area contributed by atoms with Gasteiger partial charge in [0.15, 0.2) is 0 Å². The standard InChI is InChI=1S/C16H19NOS/c1-3-18-15-8-6-14(7-9-15)17-12-13-4-10-16(19-2)11-5-13/h4-11,17H,3,12H2,1-2H3. The zero-order chi connectivity index (χ0) is 13.5. The maximum Gasteiger partial charge on any atom is 0.119 e. The van der Waals surface area contributed by atoms with Crippen LogP contribution in [-0.2, 0) is 6.54 Å². The van der Waals surface area contributed by atoms with Crippen LogP contribution in [0, 0.1) is 0 Å². The summed E-state index contributed by atoms with van der Waals surface area (Å²) in [4.78, 5) is 1.30. The van der Waals surface area contributed by atoms with E-state index < -0.39 is 0 Å². The largest absolute Gasteiger partial charge is 0.494 e. The van der Waals surface area contributed by atoms with E-state index in [0.717, 1.165) is 18.0 Å². The number of anilines is 1. The van der Waals surface area contributed by atoms with Crippen LogP contribution < -0.4 is 10.1 Å². The molecule has 1 N–H and O–H groups in total. The molecular weight excluding hydrogens is 254 g/mol. The summed E-state index contributed by atoms with van der Waals surface area (Å²) in [5.74, 6) is 0.914. The van der Waals surface area contributed by atoms with Gasteiger partial charge < -0.3 is 10.1 Å². The van der Waals surface area contributed by atoms with Gasteiger partial charge in [-0.3, -0.25) is 0 Å². The van der Waals surface area contributed by atoms with E-state index in [9.17, 15) is 0 Å². The summed E-state index contributed by atoms with van der Waals surface area (Å²) >= 11 is 1.76. The van der Waals surface area contributed by atoms with E-state index in [1.54, 1.807) is 11.8 Å². The summed E-state index contributed by atoms with van der Waals surface area (Å²) in [7, 11) is 0. The van der Waals surface area contributed by atoms with Crippen LogP contribution in [-0.4, -0.2) is 12.9 Å². The maximum atomic E-state index is 5.42. The molecule has 0 aromatic heterocycles. The Morgan fingerprint density at radius 1 is 1.00 bits per heavy atom. The Hall–Kier alpha value is -1.61. The van der Waals surface area contributed by atoms with Gasteiger partial charge in [0.2, 0.25) is 0 Å². The Morgan fingerprint density at radius 3 is 2.26 bits per heavy atom. The van der Waals surface area contributed by atoms with Gasteiger partial charge in [0.1, 0.15) is 5.75 Å². The summed E-state index contributed by atoms with van der Waals surface area (Å²) in [5.41, 5.74) is 2.39. The summed E-state index contributed by atoms with van der Waals surface area (Å²) in [6, 6.07) is 16.7. The van der Waals surface area contributed by atoms with Gasteiger partial charge in [0.25, 0.3) is 0 Å². The molecule has 2 rings (SSSR count). The minimum atomic E-state index is 0.703. The zero-order valence-corrected chi connectivity index (χ0v) is 12.2. The van der Waals surface area contributed by atoms with E-state index >= 15 is 0 Å². The van der Waals surface area contributed by atoms with Crippen molar-refractivity contribution in [2.45, 2.75) is 18.4 Å². The highest BCUT2D eigenvalue weighted by Crippen LogP contribution is 2.18. The smallest absolute Gasteiger partial charge is 0.119 e. The first kappa shape index (κ1) is 13.8. The monoisotopic (exact) mass is 273 g/mol. The Balaban J connectivity index is 1.90. The lowest BCUT2D eigenvalue weighted by molar-refractivity contribution is 0.340. The summed E-state index contributed by atoms with van der Waals surface area (Å²) in [6.07, 6.45) is 2.09. The van der Waals surface area contributed by atoms with Crippen molar-refractivity contribution in [2.75, 3.05) is 18.2 Å². The quantitative estimate of drug-likeness (QED) is 0.787. The molecule has 2 aromatic rings. The predicted octanol–water partition coefficient (Wildman–Crippen LogP) is 4.42. The van der Waals surface area contributed by atoms with Crippen molar-refractivity contribution >= 4 is 17.4 Å². The highest BCUT2D eigenvalue weighted by Gasteiger charge is 1.96. The Labute approximate surface area is 119 Å². The Bertz CT molecular complexity index is 493. The van der Waals surface area contributed by atoms with Crippen molar-refractivity contribution in [1.29, 1.82) is 0 Å². The lowest BCUT2D eigenvalue weighted by atomic mass is 10.2. The van der Waals surface area contributed by atoms with Crippen molar-refractivity contribution < 1.29 is 4.74 Å². The van der Waals surface area contributed by atoms with Gasteiger partial charge in [0.05, 0.1) is 6.61 Å². The molecule has 0 bridgehead atoms. The molecule has 0 saturated carbocycles. The molecule has 0 unspecified atom stereocenters. The van der Waals surface area contributed by atoms with E-state index in [1.165, 1.54) is 10.5 Å². The summed E-state index contributed by atoms with van der Waals surface area (Å²) in [6.45, 7) is 3.53. The number of hydrogen-bond donors (Lipinski definition) is 1. The minimum absolute atomic E-state index is 0.703. The van der Waals surface area contributed by atoms with Crippen molar-refractivity contribution in [3.05, 3.63) is 54.1 Å². The Kier molecular flexibility index (Phi) is 5.16. The molecule has 2 aromatic carbocycles. The third-order valence-corrected chi connectivity index (χ3v) is 3.56. The van der Waals surface area contributed by atoms with Gasteiger partial charge in [-0.1, -0.05) is 12.1 Å². The van der Waals surface area contributed by atoms with Gasteiger partial charge in [-0.25, -0.2) is 0 Å². The first-order valence-electron chi connectivity index (χ1n) is 6.41. The SMILES string of the molecule is CCOc1ccc(NCc2ccc(SC)cc2)cc1. The average Bonchev–Trinajstić information content (AvgIpc) is 2.47. The third kappa shape index (κ3) is 4.21. The van der Waals surface area contributed by atoms with Crippen LogP contribution in [0.1, 0.15) is 12.5 Å². The lowest BCUT2D eigenvalue weighted by Crippen LogP contribution is -1.99. The fraction of sp³-hybridized carbons (Fsp3) is 0.250. The van der Waals surface area contributed by atoms with Crippen LogP contribution in [0.2, 0.25) is 0 Å². The van der Waals surface area contributed by atoms with Crippen LogP contribution in [0.25, 0.3) is 0 Å². The fourth-order valence-corrected chi connectivity index (χ4v) is 2.19.